The van der Waals surface area contributed by atoms with Crippen molar-refractivity contribution in [3.8, 4) is 11.4 Å². The molecule has 9 nitrogen and oxygen atoms in total. The standard InChI is InChI=1S/C22H24FN5O4S/c1-15-3-4-17(22-25-16(2)32-26-22)13-20(15)33(30,31)24-14-21(29)28-11-9-27(10-12-28)19-7-5-18(23)6-8-19/h3-8,13,24H,9-12,14H2,1-2H3. The number of nitrogens with one attached hydrogen (secondary N) is 1. The maximum absolute atomic E-state index is 13.1. The van der Waals surface area contributed by atoms with Gasteiger partial charge in [0, 0.05) is 44.4 Å². The zero-order valence-corrected chi connectivity index (χ0v) is 19.1. The number of piperazine rings is 1. The van der Waals surface area contributed by atoms with Crippen LogP contribution in [-0.2, 0) is 14.8 Å². The van der Waals surface area contributed by atoms with Crippen LogP contribution in [0, 0.1) is 19.7 Å². The average molecular weight is 474 g/mol. The molecule has 174 valence electrons. The summed E-state index contributed by atoms with van der Waals surface area (Å²) in [7, 11) is -3.94. The molecular formula is C22H24FN5O4S. The van der Waals surface area contributed by atoms with Gasteiger partial charge in [-0.1, -0.05) is 17.3 Å². The Balaban J connectivity index is 1.37. The second-order valence-electron chi connectivity index (χ2n) is 7.79. The molecule has 1 amide bonds. The van der Waals surface area contributed by atoms with E-state index in [0.717, 1.165) is 5.69 Å². The first-order chi connectivity index (χ1) is 15.7. The lowest BCUT2D eigenvalue weighted by molar-refractivity contribution is -0.130. The molecule has 1 aliphatic rings. The van der Waals surface area contributed by atoms with Gasteiger partial charge in [0.1, 0.15) is 5.82 Å². The number of hydrogen-bond donors (Lipinski definition) is 1. The first-order valence-corrected chi connectivity index (χ1v) is 11.9. The molecule has 4 rings (SSSR count). The third kappa shape index (κ3) is 5.20. The Morgan fingerprint density at radius 3 is 2.42 bits per heavy atom. The molecule has 1 aliphatic heterocycles. The summed E-state index contributed by atoms with van der Waals surface area (Å²) in [5.74, 6) is 0.0604. The van der Waals surface area contributed by atoms with Crippen LogP contribution >= 0.6 is 0 Å². The summed E-state index contributed by atoms with van der Waals surface area (Å²) in [6.07, 6.45) is 0. The van der Waals surface area contributed by atoms with E-state index in [9.17, 15) is 17.6 Å². The van der Waals surface area contributed by atoms with E-state index in [1.807, 2.05) is 0 Å². The Bertz CT molecular complexity index is 1250. The number of halogens is 1. The van der Waals surface area contributed by atoms with Crippen LogP contribution in [-0.4, -0.2) is 62.1 Å². The number of amides is 1. The summed E-state index contributed by atoms with van der Waals surface area (Å²) in [4.78, 5) is 20.5. The van der Waals surface area contributed by atoms with Gasteiger partial charge in [0.05, 0.1) is 11.4 Å². The first-order valence-electron chi connectivity index (χ1n) is 10.4. The fourth-order valence-corrected chi connectivity index (χ4v) is 4.90. The molecule has 2 aromatic carbocycles. The number of carbonyl (C=O) groups is 1. The van der Waals surface area contributed by atoms with Gasteiger partial charge < -0.3 is 14.3 Å². The van der Waals surface area contributed by atoms with Crippen molar-refractivity contribution in [3.63, 3.8) is 0 Å². The predicted molar refractivity (Wildman–Crippen MR) is 120 cm³/mol. The lowest BCUT2D eigenvalue weighted by Crippen LogP contribution is -2.51. The van der Waals surface area contributed by atoms with E-state index in [2.05, 4.69) is 19.8 Å². The number of benzene rings is 2. The fourth-order valence-electron chi connectivity index (χ4n) is 3.66. The van der Waals surface area contributed by atoms with Crippen molar-refractivity contribution in [1.29, 1.82) is 0 Å². The highest BCUT2D eigenvalue weighted by molar-refractivity contribution is 7.89. The van der Waals surface area contributed by atoms with Gasteiger partial charge in [0.25, 0.3) is 0 Å². The zero-order chi connectivity index (χ0) is 23.6. The minimum absolute atomic E-state index is 0.0522. The second-order valence-corrected chi connectivity index (χ2v) is 9.52. The van der Waals surface area contributed by atoms with Crippen molar-refractivity contribution in [2.24, 2.45) is 0 Å². The van der Waals surface area contributed by atoms with E-state index in [-0.39, 0.29) is 23.2 Å². The van der Waals surface area contributed by atoms with Crippen molar-refractivity contribution in [1.82, 2.24) is 19.8 Å². The lowest BCUT2D eigenvalue weighted by Gasteiger charge is -2.36. The van der Waals surface area contributed by atoms with E-state index in [0.29, 0.717) is 49.0 Å². The molecular weight excluding hydrogens is 449 g/mol. The van der Waals surface area contributed by atoms with E-state index in [4.69, 9.17) is 4.52 Å². The fraction of sp³-hybridized carbons (Fsp3) is 0.318. The number of sulfonamides is 1. The number of carbonyl (C=O) groups excluding carboxylic acids is 1. The highest BCUT2D eigenvalue weighted by Gasteiger charge is 2.24. The third-order valence-corrected chi connectivity index (χ3v) is 7.04. The summed E-state index contributed by atoms with van der Waals surface area (Å²) in [6, 6.07) is 11.0. The van der Waals surface area contributed by atoms with Crippen LogP contribution in [0.25, 0.3) is 11.4 Å². The molecule has 0 aliphatic carbocycles. The van der Waals surface area contributed by atoms with Gasteiger partial charge in [-0.2, -0.15) is 4.98 Å². The van der Waals surface area contributed by atoms with E-state index < -0.39 is 10.0 Å². The number of hydrogen-bond acceptors (Lipinski definition) is 7. The molecule has 0 atom stereocenters. The van der Waals surface area contributed by atoms with Crippen LogP contribution in [0.3, 0.4) is 0 Å². The number of aryl methyl sites for hydroxylation is 2. The molecule has 1 fully saturated rings. The van der Waals surface area contributed by atoms with Gasteiger partial charge in [0.15, 0.2) is 0 Å². The SMILES string of the molecule is Cc1nc(-c2ccc(C)c(S(=O)(=O)NCC(=O)N3CCN(c4ccc(F)cc4)CC3)c2)no1. The zero-order valence-electron chi connectivity index (χ0n) is 18.3. The molecule has 0 spiro atoms. The Morgan fingerprint density at radius 2 is 1.79 bits per heavy atom. The molecule has 3 aromatic rings. The summed E-state index contributed by atoms with van der Waals surface area (Å²) in [5, 5.41) is 3.82. The highest BCUT2D eigenvalue weighted by atomic mass is 32.2. The first kappa shape index (κ1) is 22.9. The summed E-state index contributed by atoms with van der Waals surface area (Å²) < 4.78 is 46.3. The Kier molecular flexibility index (Phi) is 6.43. The van der Waals surface area contributed by atoms with Gasteiger partial charge in [0.2, 0.25) is 27.6 Å². The minimum Gasteiger partial charge on any atom is -0.368 e. The Morgan fingerprint density at radius 1 is 1.09 bits per heavy atom. The van der Waals surface area contributed by atoms with Crippen molar-refractivity contribution < 1.29 is 22.1 Å². The second kappa shape index (κ2) is 9.28. The molecule has 1 saturated heterocycles. The maximum Gasteiger partial charge on any atom is 0.241 e. The summed E-state index contributed by atoms with van der Waals surface area (Å²) in [6.45, 7) is 5.03. The van der Waals surface area contributed by atoms with Crippen molar-refractivity contribution in [2.75, 3.05) is 37.6 Å². The molecule has 0 saturated carbocycles. The lowest BCUT2D eigenvalue weighted by atomic mass is 10.1. The molecule has 2 heterocycles. The van der Waals surface area contributed by atoms with Crippen LogP contribution in [0.5, 0.6) is 0 Å². The van der Waals surface area contributed by atoms with Crippen LogP contribution in [0.2, 0.25) is 0 Å². The van der Waals surface area contributed by atoms with Crippen LogP contribution in [0.1, 0.15) is 11.5 Å². The van der Waals surface area contributed by atoms with Crippen LogP contribution in [0.15, 0.2) is 51.9 Å². The molecule has 1 aromatic heterocycles. The van der Waals surface area contributed by atoms with Gasteiger partial charge in [-0.25, -0.2) is 17.5 Å². The Labute approximate surface area is 191 Å². The van der Waals surface area contributed by atoms with Crippen LogP contribution in [0.4, 0.5) is 10.1 Å². The number of anilines is 1. The molecule has 0 unspecified atom stereocenters. The van der Waals surface area contributed by atoms with Crippen molar-refractivity contribution in [2.45, 2.75) is 18.7 Å². The monoisotopic (exact) mass is 473 g/mol. The van der Waals surface area contributed by atoms with E-state index >= 15 is 0 Å². The largest absolute Gasteiger partial charge is 0.368 e. The maximum atomic E-state index is 13.1. The van der Waals surface area contributed by atoms with Gasteiger partial charge >= 0.3 is 0 Å². The number of nitrogens with zero attached hydrogens (tertiary/aromatic N) is 4. The number of rotatable bonds is 6. The smallest absolute Gasteiger partial charge is 0.241 e. The summed E-state index contributed by atoms with van der Waals surface area (Å²) in [5.41, 5.74) is 1.92. The highest BCUT2D eigenvalue weighted by Crippen LogP contribution is 2.23. The van der Waals surface area contributed by atoms with E-state index in [1.54, 1.807) is 43.0 Å². The quantitative estimate of drug-likeness (QED) is 0.584. The Hall–Kier alpha value is -3.31. The summed E-state index contributed by atoms with van der Waals surface area (Å²) >= 11 is 0. The minimum atomic E-state index is -3.94. The van der Waals surface area contributed by atoms with Gasteiger partial charge in [-0.3, -0.25) is 4.79 Å². The third-order valence-electron chi connectivity index (χ3n) is 5.50. The molecule has 0 bridgehead atoms. The van der Waals surface area contributed by atoms with Gasteiger partial charge in [-0.05, 0) is 42.8 Å². The normalized spacial score (nSPS) is 14.5. The molecule has 11 heteroatoms. The average Bonchev–Trinajstić information content (AvgIpc) is 3.24. The molecule has 1 N–H and O–H groups in total. The van der Waals surface area contributed by atoms with Crippen molar-refractivity contribution >= 4 is 21.6 Å². The molecule has 0 radical (unpaired) electrons. The van der Waals surface area contributed by atoms with E-state index in [1.165, 1.54) is 18.2 Å². The van der Waals surface area contributed by atoms with Crippen LogP contribution < -0.4 is 9.62 Å². The topological polar surface area (TPSA) is 109 Å². The van der Waals surface area contributed by atoms with Gasteiger partial charge in [-0.15, -0.1) is 0 Å². The molecule has 33 heavy (non-hydrogen) atoms. The van der Waals surface area contributed by atoms with Crippen molar-refractivity contribution in [3.05, 3.63) is 59.7 Å². The number of aromatic nitrogens is 2. The predicted octanol–water partition coefficient (Wildman–Crippen LogP) is 2.12.